The Kier molecular flexibility index (Phi) is 5.28. The van der Waals surface area contributed by atoms with Crippen LogP contribution in [0.4, 0.5) is 0 Å². The number of nitrogens with two attached hydrogens (primary N) is 1. The molecule has 0 radical (unpaired) electrons. The highest BCUT2D eigenvalue weighted by Gasteiger charge is 2.15. The van der Waals surface area contributed by atoms with Gasteiger partial charge in [-0.25, -0.2) is 4.98 Å². The second-order valence-electron chi connectivity index (χ2n) is 7.72. The second kappa shape index (κ2) is 8.02. The van der Waals surface area contributed by atoms with Crippen molar-refractivity contribution in [2.24, 2.45) is 5.73 Å². The lowest BCUT2D eigenvalue weighted by molar-refractivity contribution is 0.694. The third-order valence-corrected chi connectivity index (χ3v) is 5.24. The summed E-state index contributed by atoms with van der Waals surface area (Å²) >= 11 is 0. The predicted octanol–water partition coefficient (Wildman–Crippen LogP) is 4.97. The lowest BCUT2D eigenvalue weighted by Crippen LogP contribution is -2.17. The molecule has 146 valence electrons. The number of rotatable bonds is 5. The van der Waals surface area contributed by atoms with Crippen molar-refractivity contribution < 1.29 is 0 Å². The number of hydrogen-bond donors (Lipinski definition) is 1. The summed E-state index contributed by atoms with van der Waals surface area (Å²) in [5.41, 5.74) is 15.6. The normalized spacial score (nSPS) is 12.1. The van der Waals surface area contributed by atoms with Crippen LogP contribution in [0, 0.1) is 20.8 Å². The minimum atomic E-state index is -0.210. The monoisotopic (exact) mass is 382 g/mol. The van der Waals surface area contributed by atoms with Crippen molar-refractivity contribution >= 4 is 0 Å². The van der Waals surface area contributed by atoms with Gasteiger partial charge in [0.15, 0.2) is 0 Å². The molecule has 0 aliphatic carbocycles. The maximum Gasteiger partial charge on any atom is 0.0951 e. The van der Waals surface area contributed by atoms with Gasteiger partial charge < -0.3 is 10.3 Å². The predicted molar refractivity (Wildman–Crippen MR) is 118 cm³/mol. The Labute approximate surface area is 172 Å². The van der Waals surface area contributed by atoms with Crippen molar-refractivity contribution in [1.82, 2.24) is 14.5 Å². The molecule has 0 amide bonds. The maximum atomic E-state index is 6.55. The van der Waals surface area contributed by atoms with E-state index in [2.05, 4.69) is 78.9 Å². The van der Waals surface area contributed by atoms with Crippen molar-refractivity contribution in [3.05, 3.63) is 107 Å². The molecule has 1 unspecified atom stereocenters. The first-order valence-electron chi connectivity index (χ1n) is 9.86. The standard InChI is InChI=1S/C25H26N4/c1-17-6-4-8-21(10-17)24(26)23-14-27-16-29(23)15-20-12-19(3)25(28-13-20)22-9-5-7-18(2)11-22/h4-14,16,24H,15,26H2,1-3H3. The van der Waals surface area contributed by atoms with Gasteiger partial charge in [-0.3, -0.25) is 4.98 Å². The van der Waals surface area contributed by atoms with Gasteiger partial charge in [0.1, 0.15) is 0 Å². The molecular weight excluding hydrogens is 356 g/mol. The van der Waals surface area contributed by atoms with E-state index in [4.69, 9.17) is 10.7 Å². The fourth-order valence-electron chi connectivity index (χ4n) is 3.77. The Morgan fingerprint density at radius 1 is 0.931 bits per heavy atom. The molecule has 0 saturated heterocycles. The molecule has 0 fully saturated rings. The van der Waals surface area contributed by atoms with E-state index in [1.54, 1.807) is 0 Å². The van der Waals surface area contributed by atoms with Crippen molar-refractivity contribution in [3.63, 3.8) is 0 Å². The van der Waals surface area contributed by atoms with E-state index in [0.29, 0.717) is 6.54 Å². The molecule has 0 spiro atoms. The van der Waals surface area contributed by atoms with Crippen LogP contribution < -0.4 is 5.73 Å². The van der Waals surface area contributed by atoms with E-state index < -0.39 is 0 Å². The number of aryl methyl sites for hydroxylation is 3. The van der Waals surface area contributed by atoms with Crippen LogP contribution in [0.1, 0.15) is 39.6 Å². The molecule has 29 heavy (non-hydrogen) atoms. The molecule has 2 aromatic carbocycles. The van der Waals surface area contributed by atoms with Crippen LogP contribution in [-0.4, -0.2) is 14.5 Å². The summed E-state index contributed by atoms with van der Waals surface area (Å²) < 4.78 is 2.11. The number of hydrogen-bond acceptors (Lipinski definition) is 3. The smallest absolute Gasteiger partial charge is 0.0951 e. The van der Waals surface area contributed by atoms with Gasteiger partial charge in [-0.15, -0.1) is 0 Å². The molecule has 0 aliphatic heterocycles. The van der Waals surface area contributed by atoms with Crippen molar-refractivity contribution in [3.8, 4) is 11.3 Å². The minimum absolute atomic E-state index is 0.210. The van der Waals surface area contributed by atoms with E-state index in [0.717, 1.165) is 33.6 Å². The quantitative estimate of drug-likeness (QED) is 0.530. The van der Waals surface area contributed by atoms with Gasteiger partial charge in [0.2, 0.25) is 0 Å². The Morgan fingerprint density at radius 3 is 2.41 bits per heavy atom. The highest BCUT2D eigenvalue weighted by atomic mass is 15.1. The Bertz CT molecular complexity index is 1140. The summed E-state index contributed by atoms with van der Waals surface area (Å²) in [6, 6.07) is 18.8. The lowest BCUT2D eigenvalue weighted by atomic mass is 10.0. The Hall–Kier alpha value is -3.24. The molecule has 4 heteroatoms. The summed E-state index contributed by atoms with van der Waals surface area (Å²) in [5.74, 6) is 0. The van der Waals surface area contributed by atoms with Gasteiger partial charge in [-0.1, -0.05) is 59.7 Å². The van der Waals surface area contributed by atoms with Crippen molar-refractivity contribution in [1.29, 1.82) is 0 Å². The third-order valence-electron chi connectivity index (χ3n) is 5.24. The molecule has 4 rings (SSSR count). The summed E-state index contributed by atoms with van der Waals surface area (Å²) in [6.45, 7) is 6.99. The number of imidazole rings is 1. The molecule has 0 saturated carbocycles. The zero-order valence-corrected chi connectivity index (χ0v) is 17.1. The summed E-state index contributed by atoms with van der Waals surface area (Å²) in [4.78, 5) is 9.10. The molecular formula is C25H26N4. The van der Waals surface area contributed by atoms with Crippen LogP contribution in [-0.2, 0) is 6.54 Å². The second-order valence-corrected chi connectivity index (χ2v) is 7.72. The van der Waals surface area contributed by atoms with Gasteiger partial charge in [0, 0.05) is 11.8 Å². The van der Waals surface area contributed by atoms with E-state index in [1.807, 2.05) is 24.8 Å². The summed E-state index contributed by atoms with van der Waals surface area (Å²) in [5, 5.41) is 0. The summed E-state index contributed by atoms with van der Waals surface area (Å²) in [6.07, 6.45) is 5.65. The SMILES string of the molecule is Cc1cccc(-c2ncc(Cn3cncc3C(N)c3cccc(C)c3)cc2C)c1. The molecule has 2 heterocycles. The summed E-state index contributed by atoms with van der Waals surface area (Å²) in [7, 11) is 0. The fraction of sp³-hybridized carbons (Fsp3) is 0.200. The molecule has 1 atom stereocenters. The highest BCUT2D eigenvalue weighted by molar-refractivity contribution is 5.63. The molecule has 0 aliphatic rings. The maximum absolute atomic E-state index is 6.55. The Balaban J connectivity index is 1.59. The van der Waals surface area contributed by atoms with E-state index in [1.165, 1.54) is 11.1 Å². The first kappa shape index (κ1) is 19.1. The van der Waals surface area contributed by atoms with Crippen LogP contribution in [0.5, 0.6) is 0 Å². The molecule has 2 aromatic heterocycles. The van der Waals surface area contributed by atoms with Crippen LogP contribution >= 0.6 is 0 Å². The third kappa shape index (κ3) is 4.13. The van der Waals surface area contributed by atoms with Gasteiger partial charge >= 0.3 is 0 Å². The van der Waals surface area contributed by atoms with E-state index >= 15 is 0 Å². The molecule has 0 bridgehead atoms. The number of nitrogens with zero attached hydrogens (tertiary/aromatic N) is 3. The first-order valence-corrected chi connectivity index (χ1v) is 9.86. The van der Waals surface area contributed by atoms with E-state index in [-0.39, 0.29) is 6.04 Å². The topological polar surface area (TPSA) is 56.7 Å². The molecule has 2 N–H and O–H groups in total. The van der Waals surface area contributed by atoms with Gasteiger partial charge in [0.25, 0.3) is 0 Å². The zero-order valence-electron chi connectivity index (χ0n) is 17.1. The van der Waals surface area contributed by atoms with Crippen molar-refractivity contribution in [2.45, 2.75) is 33.4 Å². The fourth-order valence-corrected chi connectivity index (χ4v) is 3.77. The number of pyridine rings is 1. The number of benzene rings is 2. The van der Waals surface area contributed by atoms with Gasteiger partial charge in [-0.2, -0.15) is 0 Å². The highest BCUT2D eigenvalue weighted by Crippen LogP contribution is 2.24. The Morgan fingerprint density at radius 2 is 1.69 bits per heavy atom. The number of aromatic nitrogens is 3. The van der Waals surface area contributed by atoms with Crippen LogP contribution in [0.15, 0.2) is 73.3 Å². The first-order chi connectivity index (χ1) is 14.0. The minimum Gasteiger partial charge on any atom is -0.328 e. The molecule has 4 nitrogen and oxygen atoms in total. The van der Waals surface area contributed by atoms with Gasteiger partial charge in [0.05, 0.1) is 36.5 Å². The van der Waals surface area contributed by atoms with Crippen LogP contribution in [0.25, 0.3) is 11.3 Å². The zero-order chi connectivity index (χ0) is 20.4. The van der Waals surface area contributed by atoms with Crippen LogP contribution in [0.2, 0.25) is 0 Å². The van der Waals surface area contributed by atoms with Crippen LogP contribution in [0.3, 0.4) is 0 Å². The average molecular weight is 383 g/mol. The van der Waals surface area contributed by atoms with E-state index in [9.17, 15) is 0 Å². The average Bonchev–Trinajstić information content (AvgIpc) is 3.15. The van der Waals surface area contributed by atoms with Gasteiger partial charge in [-0.05, 0) is 43.5 Å². The molecule has 4 aromatic rings. The largest absolute Gasteiger partial charge is 0.328 e. The van der Waals surface area contributed by atoms with Crippen molar-refractivity contribution in [2.75, 3.05) is 0 Å². The lowest BCUT2D eigenvalue weighted by Gasteiger charge is -2.16.